The number of phenolic OH excluding ortho intramolecular Hbond substituents is 2. The minimum absolute atomic E-state index is 0. The van der Waals surface area contributed by atoms with Gasteiger partial charge in [0.25, 0.3) is 0 Å². The van der Waals surface area contributed by atoms with E-state index in [4.69, 9.17) is 19.9 Å². The molecular formula is C38H57CoN2O4-. The first-order valence-electron chi connectivity index (χ1n) is 15.9. The summed E-state index contributed by atoms with van der Waals surface area (Å²) in [5.41, 5.74) is 5.39. The van der Waals surface area contributed by atoms with Crippen molar-refractivity contribution in [3.8, 4) is 11.5 Å². The molecule has 7 heteroatoms. The van der Waals surface area contributed by atoms with E-state index in [1.165, 1.54) is 11.1 Å². The number of aromatic hydroxyl groups is 2. The summed E-state index contributed by atoms with van der Waals surface area (Å²) in [6, 6.07) is 8.53. The van der Waals surface area contributed by atoms with E-state index in [-0.39, 0.29) is 50.5 Å². The van der Waals surface area contributed by atoms with E-state index in [2.05, 4.69) is 107 Å². The number of benzene rings is 2. The van der Waals surface area contributed by atoms with Gasteiger partial charge in [0, 0.05) is 57.4 Å². The zero-order valence-corrected chi connectivity index (χ0v) is 30.9. The molecule has 0 amide bonds. The summed E-state index contributed by atoms with van der Waals surface area (Å²) in [6.45, 7) is 27.0. The fourth-order valence-electron chi connectivity index (χ4n) is 5.31. The molecule has 0 unspecified atom stereocenters. The Hall–Kier alpha value is -2.64. The zero-order chi connectivity index (χ0) is 33.8. The minimum atomic E-state index is -1.08. The molecule has 1 saturated carbocycles. The molecule has 1 aliphatic rings. The molecule has 0 aliphatic heterocycles. The number of hydrogen-bond donors (Lipinski definition) is 2. The molecule has 1 fully saturated rings. The van der Waals surface area contributed by atoms with Crippen molar-refractivity contribution in [2.75, 3.05) is 0 Å². The first-order chi connectivity index (χ1) is 19.9. The summed E-state index contributed by atoms with van der Waals surface area (Å²) in [7, 11) is 0. The maximum atomic E-state index is 11.2. The smallest absolute Gasteiger partial charge is 0.128 e. The van der Waals surface area contributed by atoms with Crippen LogP contribution in [-0.2, 0) is 43.2 Å². The molecule has 45 heavy (non-hydrogen) atoms. The Morgan fingerprint density at radius 2 is 0.956 bits per heavy atom. The third-order valence-corrected chi connectivity index (χ3v) is 8.13. The Kier molecular flexibility index (Phi) is 13.7. The first kappa shape index (κ1) is 40.4. The van der Waals surface area contributed by atoms with Gasteiger partial charge in [0.15, 0.2) is 0 Å². The largest absolute Gasteiger partial charge is 0.550 e. The molecule has 0 aromatic heterocycles. The van der Waals surface area contributed by atoms with Crippen molar-refractivity contribution in [1.29, 1.82) is 0 Å². The van der Waals surface area contributed by atoms with E-state index in [1.54, 1.807) is 0 Å². The molecule has 2 aromatic carbocycles. The van der Waals surface area contributed by atoms with E-state index < -0.39 is 5.97 Å². The number of carboxylic acid groups (broad SMARTS) is 1. The minimum Gasteiger partial charge on any atom is -0.550 e. The topological polar surface area (TPSA) is 105 Å². The van der Waals surface area contributed by atoms with Crippen LogP contribution in [0.4, 0.5) is 0 Å². The fraction of sp³-hybridized carbons (Fsp3) is 0.605. The normalized spacial score (nSPS) is 18.0. The van der Waals surface area contributed by atoms with Crippen molar-refractivity contribution >= 4 is 18.4 Å². The summed E-state index contributed by atoms with van der Waals surface area (Å²) in [4.78, 5) is 18.9. The Labute approximate surface area is 283 Å². The Bertz CT molecular complexity index is 1260. The van der Waals surface area contributed by atoms with Gasteiger partial charge in [-0.2, -0.15) is 0 Å². The van der Waals surface area contributed by atoms with Crippen LogP contribution in [0.2, 0.25) is 0 Å². The average Bonchev–Trinajstić information content (AvgIpc) is 2.84. The van der Waals surface area contributed by atoms with Crippen LogP contribution < -0.4 is 5.11 Å². The second-order valence-corrected chi connectivity index (χ2v) is 16.4. The molecule has 2 N–H and O–H groups in total. The van der Waals surface area contributed by atoms with E-state index in [1.807, 2.05) is 12.4 Å². The van der Waals surface area contributed by atoms with E-state index >= 15 is 0 Å². The molecule has 0 heterocycles. The summed E-state index contributed by atoms with van der Waals surface area (Å²) >= 11 is 0. The molecule has 6 nitrogen and oxygen atoms in total. The second kappa shape index (κ2) is 15.3. The quantitative estimate of drug-likeness (QED) is 0.324. The van der Waals surface area contributed by atoms with Gasteiger partial charge in [-0.05, 0) is 64.7 Å². The number of aliphatic imine (C=N–C) groups is 2. The van der Waals surface area contributed by atoms with Gasteiger partial charge in [0.05, 0.1) is 12.1 Å². The van der Waals surface area contributed by atoms with Gasteiger partial charge in [-0.3, -0.25) is 9.98 Å². The monoisotopic (exact) mass is 664 g/mol. The molecule has 1 radical (unpaired) electrons. The van der Waals surface area contributed by atoms with Gasteiger partial charge < -0.3 is 20.1 Å². The number of hydrogen-bond acceptors (Lipinski definition) is 6. The first-order valence-corrected chi connectivity index (χ1v) is 15.9. The third kappa shape index (κ3) is 11.6. The van der Waals surface area contributed by atoms with Crippen LogP contribution in [0.1, 0.15) is 149 Å². The standard InChI is InChI=1S/C36H54N2O2.C2H4O2.Co/c1-33(2,3)25-17-23(31(39)27(19-25)35(7,8)9)21-37-29-15-13-14-16-30(29)38-22-24-18-26(34(4,5)6)20-28(32(24)40)36(10,11)12;1-2(3)4;/h17-22,29-30,39-40H,13-16H2,1-12H3;1H3,(H,3,4);/p-1/t29-,30-;;/m0../s1. The zero-order valence-electron chi connectivity index (χ0n) is 29.9. The van der Waals surface area contributed by atoms with Crippen LogP contribution in [-0.4, -0.2) is 40.7 Å². The molecule has 0 saturated heterocycles. The number of carbonyl (C=O) groups excluding carboxylic acids is 1. The predicted molar refractivity (Wildman–Crippen MR) is 183 cm³/mol. The summed E-state index contributed by atoms with van der Waals surface area (Å²) < 4.78 is 0. The summed E-state index contributed by atoms with van der Waals surface area (Å²) in [5, 5.41) is 31.3. The molecule has 253 valence electrons. The van der Waals surface area contributed by atoms with Crippen molar-refractivity contribution < 1.29 is 36.9 Å². The SMILES string of the molecule is CC(=O)[O-].CC(C)(C)c1cc(C=N[C@H]2CCCC[C@@H]2N=Cc2cc(C(C)(C)C)cc(C(C)(C)C)c2O)c(O)c(C(C)(C)C)c1.[Co]. The number of carboxylic acids is 1. The van der Waals surface area contributed by atoms with Crippen molar-refractivity contribution in [3.05, 3.63) is 57.6 Å². The molecule has 0 spiro atoms. The van der Waals surface area contributed by atoms with Crippen molar-refractivity contribution in [2.24, 2.45) is 9.98 Å². The van der Waals surface area contributed by atoms with Crippen LogP contribution in [0.3, 0.4) is 0 Å². The Morgan fingerprint density at radius 1 is 0.667 bits per heavy atom. The molecule has 0 bridgehead atoms. The van der Waals surface area contributed by atoms with Gasteiger partial charge in [-0.15, -0.1) is 0 Å². The number of nitrogens with zero attached hydrogens (tertiary/aromatic N) is 2. The number of carbonyl (C=O) groups is 1. The van der Waals surface area contributed by atoms with E-state index in [0.29, 0.717) is 11.5 Å². The van der Waals surface area contributed by atoms with Crippen LogP contribution in [0.15, 0.2) is 34.3 Å². The molecule has 2 aromatic rings. The predicted octanol–water partition coefficient (Wildman–Crippen LogP) is 7.89. The number of aliphatic carboxylic acids is 1. The van der Waals surface area contributed by atoms with Crippen molar-refractivity contribution in [3.63, 3.8) is 0 Å². The molecular weight excluding hydrogens is 607 g/mol. The third-order valence-electron chi connectivity index (χ3n) is 8.13. The van der Waals surface area contributed by atoms with Crippen LogP contribution in [0.5, 0.6) is 11.5 Å². The number of phenols is 2. The molecule has 1 aliphatic carbocycles. The fourth-order valence-corrected chi connectivity index (χ4v) is 5.31. The number of rotatable bonds is 4. The molecule has 2 atom stereocenters. The van der Waals surface area contributed by atoms with Gasteiger partial charge in [0.2, 0.25) is 0 Å². The maximum absolute atomic E-state index is 11.2. The van der Waals surface area contributed by atoms with Gasteiger partial charge in [-0.1, -0.05) is 108 Å². The Morgan fingerprint density at radius 3 is 1.20 bits per heavy atom. The van der Waals surface area contributed by atoms with E-state index in [0.717, 1.165) is 54.9 Å². The van der Waals surface area contributed by atoms with Crippen LogP contribution in [0.25, 0.3) is 0 Å². The maximum Gasteiger partial charge on any atom is 0.128 e. The van der Waals surface area contributed by atoms with Crippen LogP contribution >= 0.6 is 0 Å². The Balaban J connectivity index is 0.00000191. The molecule has 3 rings (SSSR count). The van der Waals surface area contributed by atoms with E-state index in [9.17, 15) is 10.2 Å². The van der Waals surface area contributed by atoms with Crippen molar-refractivity contribution in [1.82, 2.24) is 0 Å². The second-order valence-electron chi connectivity index (χ2n) is 16.4. The van der Waals surface area contributed by atoms with Gasteiger partial charge in [0.1, 0.15) is 11.5 Å². The summed E-state index contributed by atoms with van der Waals surface area (Å²) in [5.74, 6) is -0.447. The van der Waals surface area contributed by atoms with Gasteiger partial charge in [-0.25, -0.2) is 0 Å². The van der Waals surface area contributed by atoms with Gasteiger partial charge >= 0.3 is 0 Å². The average molecular weight is 665 g/mol. The van der Waals surface area contributed by atoms with Crippen LogP contribution in [0, 0.1) is 0 Å². The van der Waals surface area contributed by atoms with Crippen molar-refractivity contribution in [2.45, 2.75) is 149 Å². The summed E-state index contributed by atoms with van der Waals surface area (Å²) in [6.07, 6.45) is 7.90.